The average molecular weight is 284 g/mol. The van der Waals surface area contributed by atoms with E-state index in [1.165, 1.54) is 0 Å². The van der Waals surface area contributed by atoms with Gasteiger partial charge in [-0.15, -0.1) is 0 Å². The van der Waals surface area contributed by atoms with Crippen LogP contribution in [-0.4, -0.2) is 42.2 Å². The molecule has 1 fully saturated rings. The van der Waals surface area contributed by atoms with Crippen molar-refractivity contribution >= 4 is 17.6 Å². The molecule has 5 heteroatoms. The summed E-state index contributed by atoms with van der Waals surface area (Å²) in [4.78, 5) is 13.1. The molecule has 4 nitrogen and oxygen atoms in total. The number of benzene rings is 1. The Kier molecular flexibility index (Phi) is 5.05. The quantitative estimate of drug-likeness (QED) is 0.902. The van der Waals surface area contributed by atoms with E-state index in [0.717, 1.165) is 31.7 Å². The summed E-state index contributed by atoms with van der Waals surface area (Å²) >= 11 is 5.79. The summed E-state index contributed by atoms with van der Waals surface area (Å²) in [7, 11) is 0. The molecule has 1 aliphatic rings. The number of carboxylic acid groups (broad SMARTS) is 1. The van der Waals surface area contributed by atoms with Gasteiger partial charge in [0.2, 0.25) is 0 Å². The number of piperidine rings is 1. The highest BCUT2D eigenvalue weighted by Gasteiger charge is 2.24. The molecular weight excluding hydrogens is 266 g/mol. The molecule has 0 amide bonds. The smallest absolute Gasteiger partial charge is 0.307 e. The van der Waals surface area contributed by atoms with Crippen molar-refractivity contribution in [1.29, 1.82) is 0 Å². The molecule has 1 aromatic rings. The van der Waals surface area contributed by atoms with Crippen LogP contribution in [0.5, 0.6) is 5.75 Å². The Labute approximate surface area is 117 Å². The Morgan fingerprint density at radius 3 is 2.84 bits per heavy atom. The van der Waals surface area contributed by atoms with Crippen LogP contribution in [0.15, 0.2) is 24.3 Å². The number of carboxylic acids is 1. The van der Waals surface area contributed by atoms with Gasteiger partial charge in [-0.2, -0.15) is 0 Å². The molecule has 0 aromatic heterocycles. The topological polar surface area (TPSA) is 49.8 Å². The van der Waals surface area contributed by atoms with E-state index in [-0.39, 0.29) is 5.92 Å². The van der Waals surface area contributed by atoms with Crippen LogP contribution in [0.25, 0.3) is 0 Å². The number of rotatable bonds is 5. The number of carbonyl (C=O) groups is 1. The van der Waals surface area contributed by atoms with Gasteiger partial charge in [0.15, 0.2) is 0 Å². The zero-order valence-electron chi connectivity index (χ0n) is 10.7. The van der Waals surface area contributed by atoms with Gasteiger partial charge in [-0.25, -0.2) is 0 Å². The SMILES string of the molecule is O=C(O)C1CCCN(CCOc2ccc(Cl)cc2)C1. The summed E-state index contributed by atoms with van der Waals surface area (Å²) in [6.07, 6.45) is 1.72. The van der Waals surface area contributed by atoms with Crippen LogP contribution >= 0.6 is 11.6 Å². The van der Waals surface area contributed by atoms with Crippen LogP contribution in [0.3, 0.4) is 0 Å². The first-order valence-electron chi connectivity index (χ1n) is 6.48. The predicted molar refractivity (Wildman–Crippen MR) is 73.7 cm³/mol. The Balaban J connectivity index is 1.73. The molecule has 19 heavy (non-hydrogen) atoms. The fraction of sp³-hybridized carbons (Fsp3) is 0.500. The molecule has 0 spiro atoms. The maximum Gasteiger partial charge on any atom is 0.307 e. The Morgan fingerprint density at radius 1 is 1.42 bits per heavy atom. The van der Waals surface area contributed by atoms with Crippen LogP contribution in [0.4, 0.5) is 0 Å². The molecule has 1 aromatic carbocycles. The minimum atomic E-state index is -0.691. The zero-order chi connectivity index (χ0) is 13.7. The van der Waals surface area contributed by atoms with Crippen molar-refractivity contribution in [1.82, 2.24) is 4.90 Å². The van der Waals surface area contributed by atoms with Crippen LogP contribution in [-0.2, 0) is 4.79 Å². The monoisotopic (exact) mass is 283 g/mol. The highest BCUT2D eigenvalue weighted by molar-refractivity contribution is 6.30. The second-order valence-corrected chi connectivity index (χ2v) is 5.22. The first-order chi connectivity index (χ1) is 9.15. The highest BCUT2D eigenvalue weighted by atomic mass is 35.5. The van der Waals surface area contributed by atoms with Gasteiger partial charge in [0.05, 0.1) is 5.92 Å². The molecule has 104 valence electrons. The van der Waals surface area contributed by atoms with Crippen LogP contribution in [0, 0.1) is 5.92 Å². The fourth-order valence-electron chi connectivity index (χ4n) is 2.28. The number of hydrogen-bond donors (Lipinski definition) is 1. The van der Waals surface area contributed by atoms with Crippen LogP contribution in [0.1, 0.15) is 12.8 Å². The van der Waals surface area contributed by atoms with Crippen molar-refractivity contribution in [2.24, 2.45) is 5.92 Å². The van der Waals surface area contributed by atoms with Gasteiger partial charge in [-0.1, -0.05) is 11.6 Å². The lowest BCUT2D eigenvalue weighted by atomic mass is 9.98. The maximum atomic E-state index is 11.0. The minimum absolute atomic E-state index is 0.232. The van der Waals surface area contributed by atoms with E-state index in [1.54, 1.807) is 12.1 Å². The third-order valence-electron chi connectivity index (χ3n) is 3.34. The first-order valence-corrected chi connectivity index (χ1v) is 6.86. The molecule has 1 heterocycles. The van der Waals surface area contributed by atoms with E-state index in [0.29, 0.717) is 18.2 Å². The third kappa shape index (κ3) is 4.40. The van der Waals surface area contributed by atoms with E-state index in [1.807, 2.05) is 12.1 Å². The molecule has 0 bridgehead atoms. The second-order valence-electron chi connectivity index (χ2n) is 4.78. The number of nitrogens with zero attached hydrogens (tertiary/aromatic N) is 1. The van der Waals surface area contributed by atoms with Crippen LogP contribution in [0.2, 0.25) is 5.02 Å². The van der Waals surface area contributed by atoms with Gasteiger partial charge < -0.3 is 9.84 Å². The summed E-state index contributed by atoms with van der Waals surface area (Å²) in [5, 5.41) is 9.70. The standard InChI is InChI=1S/C14H18ClNO3/c15-12-3-5-13(6-4-12)19-9-8-16-7-1-2-11(10-16)14(17)18/h3-6,11H,1-2,7-10H2,(H,17,18). The van der Waals surface area contributed by atoms with Crippen molar-refractivity contribution in [3.05, 3.63) is 29.3 Å². The maximum absolute atomic E-state index is 11.0. The summed E-state index contributed by atoms with van der Waals surface area (Å²) in [5.74, 6) is -0.135. The van der Waals surface area contributed by atoms with Gasteiger partial charge in [0.25, 0.3) is 0 Å². The highest BCUT2D eigenvalue weighted by Crippen LogP contribution is 2.17. The third-order valence-corrected chi connectivity index (χ3v) is 3.60. The number of halogens is 1. The molecule has 1 aliphatic heterocycles. The van der Waals surface area contributed by atoms with E-state index in [9.17, 15) is 4.79 Å². The molecular formula is C14H18ClNO3. The minimum Gasteiger partial charge on any atom is -0.492 e. The van der Waals surface area contributed by atoms with Crippen molar-refractivity contribution < 1.29 is 14.6 Å². The molecule has 1 unspecified atom stereocenters. The lowest BCUT2D eigenvalue weighted by Gasteiger charge is -2.30. The number of ether oxygens (including phenoxy) is 1. The van der Waals surface area contributed by atoms with E-state index in [4.69, 9.17) is 21.4 Å². The largest absolute Gasteiger partial charge is 0.492 e. The normalized spacial score (nSPS) is 20.2. The summed E-state index contributed by atoms with van der Waals surface area (Å²) in [6, 6.07) is 7.24. The molecule has 1 atom stereocenters. The number of aliphatic carboxylic acids is 1. The van der Waals surface area contributed by atoms with Gasteiger partial charge in [-0.3, -0.25) is 9.69 Å². The lowest BCUT2D eigenvalue weighted by molar-refractivity contribution is -0.143. The van der Waals surface area contributed by atoms with Gasteiger partial charge in [0.1, 0.15) is 12.4 Å². The first kappa shape index (κ1) is 14.2. The van der Waals surface area contributed by atoms with Crippen molar-refractivity contribution in [3.8, 4) is 5.75 Å². The summed E-state index contributed by atoms with van der Waals surface area (Å²) in [5.41, 5.74) is 0. The number of hydrogen-bond acceptors (Lipinski definition) is 3. The van der Waals surface area contributed by atoms with E-state index < -0.39 is 5.97 Å². The molecule has 1 saturated heterocycles. The fourth-order valence-corrected chi connectivity index (χ4v) is 2.41. The average Bonchev–Trinajstić information content (AvgIpc) is 2.41. The Bertz CT molecular complexity index is 421. The predicted octanol–water partition coefficient (Wildman–Crippen LogP) is 2.52. The molecule has 0 radical (unpaired) electrons. The van der Waals surface area contributed by atoms with Crippen LogP contribution < -0.4 is 4.74 Å². The summed E-state index contributed by atoms with van der Waals surface area (Å²) in [6.45, 7) is 2.90. The van der Waals surface area contributed by atoms with Crippen molar-refractivity contribution in [2.75, 3.05) is 26.2 Å². The molecule has 2 rings (SSSR count). The Hall–Kier alpha value is -1.26. The van der Waals surface area contributed by atoms with Gasteiger partial charge in [0, 0.05) is 18.1 Å². The molecule has 0 saturated carbocycles. The molecule has 1 N–H and O–H groups in total. The summed E-state index contributed by atoms with van der Waals surface area (Å²) < 4.78 is 5.61. The second kappa shape index (κ2) is 6.78. The van der Waals surface area contributed by atoms with Gasteiger partial charge >= 0.3 is 5.97 Å². The van der Waals surface area contributed by atoms with E-state index >= 15 is 0 Å². The lowest BCUT2D eigenvalue weighted by Crippen LogP contribution is -2.40. The zero-order valence-corrected chi connectivity index (χ0v) is 11.5. The molecule has 0 aliphatic carbocycles. The number of likely N-dealkylation sites (tertiary alicyclic amines) is 1. The Morgan fingerprint density at radius 2 is 2.16 bits per heavy atom. The van der Waals surface area contributed by atoms with E-state index in [2.05, 4.69) is 4.90 Å². The van der Waals surface area contributed by atoms with Gasteiger partial charge in [-0.05, 0) is 43.7 Å². The van der Waals surface area contributed by atoms with Crippen molar-refractivity contribution in [3.63, 3.8) is 0 Å². The van der Waals surface area contributed by atoms with Crippen molar-refractivity contribution in [2.45, 2.75) is 12.8 Å².